The van der Waals surface area contributed by atoms with E-state index in [1.165, 1.54) is 13.3 Å². The number of halogens is 1. The lowest BCUT2D eigenvalue weighted by atomic mass is 9.96. The Hall–Kier alpha value is -1.72. The topological polar surface area (TPSA) is 75.1 Å². The van der Waals surface area contributed by atoms with Crippen LogP contribution in [0.2, 0.25) is 0 Å². The fraction of sp³-hybridized carbons (Fsp3) is 0.545. The van der Waals surface area contributed by atoms with E-state index in [4.69, 9.17) is 0 Å². The van der Waals surface area contributed by atoms with Crippen molar-refractivity contribution in [3.8, 4) is 0 Å². The summed E-state index contributed by atoms with van der Waals surface area (Å²) in [5.74, 6) is -1.61. The van der Waals surface area contributed by atoms with Gasteiger partial charge in [-0.1, -0.05) is 0 Å². The van der Waals surface area contributed by atoms with Gasteiger partial charge in [-0.3, -0.25) is 0 Å². The van der Waals surface area contributed by atoms with Gasteiger partial charge in [-0.15, -0.1) is 0 Å². The molecule has 1 fully saturated rings. The van der Waals surface area contributed by atoms with Crippen LogP contribution in [0.25, 0.3) is 0 Å². The number of hydrogen-bond donors (Lipinski definition) is 2. The standard InChI is InChI=1S/C11H14FN3O2/c1-6-8(12)9(14-5-13-6)15-11(2,10(16)17)7-3-4-7/h5,7H,3-4H2,1-2H3,(H,16,17)(H,13,14,15). The number of aliphatic carboxylic acids is 1. The number of carbonyl (C=O) groups is 1. The van der Waals surface area contributed by atoms with Crippen LogP contribution in [-0.2, 0) is 4.79 Å². The fourth-order valence-electron chi connectivity index (χ4n) is 1.78. The molecule has 2 rings (SSSR count). The van der Waals surface area contributed by atoms with E-state index in [0.29, 0.717) is 0 Å². The van der Waals surface area contributed by atoms with Crippen LogP contribution in [0.1, 0.15) is 25.5 Å². The summed E-state index contributed by atoms with van der Waals surface area (Å²) >= 11 is 0. The van der Waals surface area contributed by atoms with Gasteiger partial charge in [-0.05, 0) is 32.6 Å². The molecular formula is C11H14FN3O2. The first-order chi connectivity index (χ1) is 7.95. The summed E-state index contributed by atoms with van der Waals surface area (Å²) in [5.41, 5.74) is -0.965. The third-order valence-electron chi connectivity index (χ3n) is 3.18. The first-order valence-corrected chi connectivity index (χ1v) is 5.44. The Kier molecular flexibility index (Phi) is 2.73. The molecule has 0 spiro atoms. The van der Waals surface area contributed by atoms with Gasteiger partial charge < -0.3 is 10.4 Å². The van der Waals surface area contributed by atoms with Crippen LogP contribution in [0.4, 0.5) is 10.2 Å². The van der Waals surface area contributed by atoms with Crippen molar-refractivity contribution in [2.75, 3.05) is 5.32 Å². The Balaban J connectivity index is 2.29. The van der Waals surface area contributed by atoms with E-state index in [2.05, 4.69) is 15.3 Å². The highest BCUT2D eigenvalue weighted by atomic mass is 19.1. The minimum atomic E-state index is -1.17. The number of anilines is 1. The molecule has 5 nitrogen and oxygen atoms in total. The number of hydrogen-bond acceptors (Lipinski definition) is 4. The van der Waals surface area contributed by atoms with Crippen molar-refractivity contribution in [1.82, 2.24) is 9.97 Å². The second-order valence-electron chi connectivity index (χ2n) is 4.53. The zero-order valence-electron chi connectivity index (χ0n) is 9.70. The first-order valence-electron chi connectivity index (χ1n) is 5.44. The van der Waals surface area contributed by atoms with Crippen LogP contribution in [0, 0.1) is 18.7 Å². The van der Waals surface area contributed by atoms with Gasteiger partial charge in [0.1, 0.15) is 11.9 Å². The van der Waals surface area contributed by atoms with Gasteiger partial charge >= 0.3 is 5.97 Å². The molecule has 0 amide bonds. The predicted octanol–water partition coefficient (Wildman–Crippen LogP) is 1.59. The maximum Gasteiger partial charge on any atom is 0.329 e. The van der Waals surface area contributed by atoms with E-state index < -0.39 is 17.3 Å². The highest BCUT2D eigenvalue weighted by Crippen LogP contribution is 2.41. The molecule has 0 saturated heterocycles. The molecule has 0 bridgehead atoms. The zero-order valence-corrected chi connectivity index (χ0v) is 9.70. The van der Waals surface area contributed by atoms with Crippen molar-refractivity contribution in [1.29, 1.82) is 0 Å². The van der Waals surface area contributed by atoms with Gasteiger partial charge in [-0.25, -0.2) is 19.2 Å². The molecule has 1 aromatic heterocycles. The molecule has 1 saturated carbocycles. The van der Waals surface area contributed by atoms with Gasteiger partial charge in [0, 0.05) is 0 Å². The first kappa shape index (κ1) is 11.8. The SMILES string of the molecule is Cc1ncnc(NC(C)(C(=O)O)C2CC2)c1F. The van der Waals surface area contributed by atoms with E-state index in [9.17, 15) is 14.3 Å². The number of aromatic nitrogens is 2. The number of carboxylic acid groups (broad SMARTS) is 1. The second-order valence-corrected chi connectivity index (χ2v) is 4.53. The minimum absolute atomic E-state index is 0.0228. The molecule has 2 N–H and O–H groups in total. The summed E-state index contributed by atoms with van der Waals surface area (Å²) in [5, 5.41) is 11.9. The molecule has 1 heterocycles. The average molecular weight is 239 g/mol. The number of rotatable bonds is 4. The van der Waals surface area contributed by atoms with Crippen LogP contribution < -0.4 is 5.32 Å². The average Bonchev–Trinajstić information content (AvgIpc) is 3.08. The number of aryl methyl sites for hydroxylation is 1. The van der Waals surface area contributed by atoms with Crippen molar-refractivity contribution < 1.29 is 14.3 Å². The Morgan fingerprint density at radius 3 is 2.76 bits per heavy atom. The molecule has 1 aliphatic carbocycles. The predicted molar refractivity (Wildman–Crippen MR) is 59.1 cm³/mol. The summed E-state index contributed by atoms with van der Waals surface area (Å²) in [6, 6.07) is 0. The monoisotopic (exact) mass is 239 g/mol. The van der Waals surface area contributed by atoms with Crippen LogP contribution in [-0.4, -0.2) is 26.6 Å². The van der Waals surface area contributed by atoms with Gasteiger partial charge in [0.15, 0.2) is 11.6 Å². The normalized spacial score (nSPS) is 18.5. The lowest BCUT2D eigenvalue weighted by molar-refractivity contribution is -0.142. The quantitative estimate of drug-likeness (QED) is 0.834. The smallest absolute Gasteiger partial charge is 0.329 e. The molecule has 1 unspecified atom stereocenters. The van der Waals surface area contributed by atoms with Crippen molar-refractivity contribution in [2.24, 2.45) is 5.92 Å². The molecule has 6 heteroatoms. The minimum Gasteiger partial charge on any atom is -0.480 e. The van der Waals surface area contributed by atoms with E-state index in [0.717, 1.165) is 12.8 Å². The van der Waals surface area contributed by atoms with Crippen molar-refractivity contribution >= 4 is 11.8 Å². The number of nitrogens with one attached hydrogen (secondary N) is 1. The molecule has 1 aromatic rings. The van der Waals surface area contributed by atoms with E-state index in [1.54, 1.807) is 6.92 Å². The number of carboxylic acids is 1. The molecule has 0 aromatic carbocycles. The zero-order chi connectivity index (χ0) is 12.6. The van der Waals surface area contributed by atoms with Crippen LogP contribution in [0.15, 0.2) is 6.33 Å². The van der Waals surface area contributed by atoms with Gasteiger partial charge in [0.25, 0.3) is 0 Å². The highest BCUT2D eigenvalue weighted by molar-refractivity contribution is 5.83. The van der Waals surface area contributed by atoms with E-state index in [1.807, 2.05) is 0 Å². The lowest BCUT2D eigenvalue weighted by Gasteiger charge is -2.26. The van der Waals surface area contributed by atoms with Gasteiger partial charge in [-0.2, -0.15) is 0 Å². The summed E-state index contributed by atoms with van der Waals surface area (Å²) < 4.78 is 13.7. The molecule has 0 radical (unpaired) electrons. The largest absolute Gasteiger partial charge is 0.480 e. The molecule has 1 atom stereocenters. The second kappa shape index (κ2) is 3.94. The molecule has 1 aliphatic rings. The summed E-state index contributed by atoms with van der Waals surface area (Å²) in [7, 11) is 0. The Morgan fingerprint density at radius 2 is 2.24 bits per heavy atom. The summed E-state index contributed by atoms with van der Waals surface area (Å²) in [6.07, 6.45) is 2.89. The number of nitrogens with zero attached hydrogens (tertiary/aromatic N) is 2. The molecule has 92 valence electrons. The van der Waals surface area contributed by atoms with Gasteiger partial charge in [0.2, 0.25) is 0 Å². The van der Waals surface area contributed by atoms with E-state index >= 15 is 0 Å². The van der Waals surface area contributed by atoms with Crippen LogP contribution in [0.3, 0.4) is 0 Å². The van der Waals surface area contributed by atoms with Crippen molar-refractivity contribution in [3.63, 3.8) is 0 Å². The summed E-state index contributed by atoms with van der Waals surface area (Å²) in [4.78, 5) is 18.7. The maximum atomic E-state index is 13.7. The van der Waals surface area contributed by atoms with Crippen LogP contribution >= 0.6 is 0 Å². The van der Waals surface area contributed by atoms with Gasteiger partial charge in [0.05, 0.1) is 5.69 Å². The Morgan fingerprint density at radius 1 is 1.59 bits per heavy atom. The van der Waals surface area contributed by atoms with Crippen molar-refractivity contribution in [3.05, 3.63) is 17.8 Å². The third kappa shape index (κ3) is 2.07. The van der Waals surface area contributed by atoms with Crippen LogP contribution in [0.5, 0.6) is 0 Å². The Labute approximate surface area is 98.1 Å². The fourth-order valence-corrected chi connectivity index (χ4v) is 1.78. The maximum absolute atomic E-state index is 13.7. The highest BCUT2D eigenvalue weighted by Gasteiger charge is 2.48. The Bertz CT molecular complexity index is 462. The molecular weight excluding hydrogens is 225 g/mol. The molecule has 17 heavy (non-hydrogen) atoms. The summed E-state index contributed by atoms with van der Waals surface area (Å²) in [6.45, 7) is 3.07. The van der Waals surface area contributed by atoms with E-state index in [-0.39, 0.29) is 17.4 Å². The lowest BCUT2D eigenvalue weighted by Crippen LogP contribution is -2.46. The third-order valence-corrected chi connectivity index (χ3v) is 3.18. The van der Waals surface area contributed by atoms with Crippen molar-refractivity contribution in [2.45, 2.75) is 32.2 Å². The molecule has 0 aliphatic heterocycles.